The highest BCUT2D eigenvalue weighted by Crippen LogP contribution is 2.36. The Morgan fingerprint density at radius 1 is 1.33 bits per heavy atom. The number of alkyl halides is 3. The lowest BCUT2D eigenvalue weighted by atomic mass is 9.95. The van der Waals surface area contributed by atoms with Crippen LogP contribution in [0.5, 0.6) is 0 Å². The molecule has 0 aliphatic rings. The summed E-state index contributed by atoms with van der Waals surface area (Å²) in [7, 11) is 0. The van der Waals surface area contributed by atoms with Gasteiger partial charge >= 0.3 is 0 Å². The number of ether oxygens (including phenoxy) is 1. The summed E-state index contributed by atoms with van der Waals surface area (Å²) in [6.45, 7) is 6.41. The van der Waals surface area contributed by atoms with Gasteiger partial charge in [-0.1, -0.05) is 36.7 Å². The molecule has 1 aromatic rings. The summed E-state index contributed by atoms with van der Waals surface area (Å²) < 4.78 is 28.7. The molecule has 0 saturated carbocycles. The molecule has 0 fully saturated rings. The van der Waals surface area contributed by atoms with Crippen molar-refractivity contribution in [1.82, 2.24) is 0 Å². The molecule has 104 valence electrons. The van der Waals surface area contributed by atoms with E-state index < -0.39 is 13.0 Å². The van der Waals surface area contributed by atoms with Gasteiger partial charge in [0.05, 0.1) is 4.83 Å². The summed E-state index contributed by atoms with van der Waals surface area (Å²) in [5.41, 5.74) is 0.155. The fourth-order valence-electron chi connectivity index (χ4n) is 1.43. The molecule has 0 aliphatic heterocycles. The molecule has 1 aromatic heterocycles. The van der Waals surface area contributed by atoms with E-state index in [2.05, 4.69) is 48.8 Å². The molecular weight excluding hydrogens is 322 g/mol. The monoisotopic (exact) mass is 340 g/mol. The first-order valence-electron chi connectivity index (χ1n) is 5.91. The quantitative estimate of drug-likeness (QED) is 0.513. The van der Waals surface area contributed by atoms with Gasteiger partial charge in [-0.2, -0.15) is 0 Å². The van der Waals surface area contributed by atoms with Gasteiger partial charge in [0.15, 0.2) is 0 Å². The molecule has 0 aromatic carbocycles. The van der Waals surface area contributed by atoms with Crippen LogP contribution < -0.4 is 0 Å². The van der Waals surface area contributed by atoms with Crippen molar-refractivity contribution in [2.45, 2.75) is 43.9 Å². The van der Waals surface area contributed by atoms with Crippen molar-refractivity contribution in [3.63, 3.8) is 0 Å². The standard InChI is InChI=1S/C13H19BrF2OS/c1-13(2,3)11-5-4-10(18-11)9(14)6-7-17-8-12(15)16/h4-5,9,12H,6-8H2,1-3H3. The summed E-state index contributed by atoms with van der Waals surface area (Å²) >= 11 is 5.34. The molecular formula is C13H19BrF2OS. The molecule has 0 saturated heterocycles. The lowest BCUT2D eigenvalue weighted by Crippen LogP contribution is -2.08. The molecule has 0 aliphatic carbocycles. The van der Waals surface area contributed by atoms with E-state index in [1.807, 2.05) is 0 Å². The highest BCUT2D eigenvalue weighted by atomic mass is 79.9. The van der Waals surface area contributed by atoms with Gasteiger partial charge in [-0.3, -0.25) is 0 Å². The van der Waals surface area contributed by atoms with Crippen LogP contribution in [0, 0.1) is 0 Å². The minimum absolute atomic E-state index is 0.155. The fraction of sp³-hybridized carbons (Fsp3) is 0.692. The molecule has 5 heteroatoms. The predicted octanol–water partition coefficient (Wildman–Crippen LogP) is 5.15. The van der Waals surface area contributed by atoms with E-state index >= 15 is 0 Å². The smallest absolute Gasteiger partial charge is 0.261 e. The van der Waals surface area contributed by atoms with Gasteiger partial charge in [-0.15, -0.1) is 11.3 Å². The minimum atomic E-state index is -2.38. The Morgan fingerprint density at radius 2 is 2.00 bits per heavy atom. The second kappa shape index (κ2) is 6.96. The van der Waals surface area contributed by atoms with Crippen LogP contribution in [0.15, 0.2) is 12.1 Å². The summed E-state index contributed by atoms with van der Waals surface area (Å²) in [6.07, 6.45) is -1.68. The molecule has 1 nitrogen and oxygen atoms in total. The van der Waals surface area contributed by atoms with Crippen molar-refractivity contribution in [3.05, 3.63) is 21.9 Å². The normalized spacial score (nSPS) is 14.2. The van der Waals surface area contributed by atoms with Crippen LogP contribution in [0.2, 0.25) is 0 Å². The highest BCUT2D eigenvalue weighted by Gasteiger charge is 2.18. The van der Waals surface area contributed by atoms with Crippen LogP contribution in [0.1, 0.15) is 41.8 Å². The number of hydrogen-bond acceptors (Lipinski definition) is 2. The number of thiophene rings is 1. The number of hydrogen-bond donors (Lipinski definition) is 0. The Kier molecular flexibility index (Phi) is 6.21. The van der Waals surface area contributed by atoms with Gasteiger partial charge in [0.1, 0.15) is 6.61 Å². The van der Waals surface area contributed by atoms with Gasteiger partial charge in [0.25, 0.3) is 6.43 Å². The van der Waals surface area contributed by atoms with E-state index in [0.29, 0.717) is 13.0 Å². The van der Waals surface area contributed by atoms with E-state index in [1.54, 1.807) is 11.3 Å². The number of halogens is 3. The summed E-state index contributed by atoms with van der Waals surface area (Å²) in [6, 6.07) is 4.23. The van der Waals surface area contributed by atoms with Crippen molar-refractivity contribution in [3.8, 4) is 0 Å². The molecule has 0 bridgehead atoms. The van der Waals surface area contributed by atoms with Gasteiger partial charge in [0.2, 0.25) is 0 Å². The van der Waals surface area contributed by atoms with E-state index in [4.69, 9.17) is 4.74 Å². The van der Waals surface area contributed by atoms with Crippen LogP contribution in [0.25, 0.3) is 0 Å². The molecule has 0 N–H and O–H groups in total. The topological polar surface area (TPSA) is 9.23 Å². The van der Waals surface area contributed by atoms with Crippen molar-refractivity contribution < 1.29 is 13.5 Å². The van der Waals surface area contributed by atoms with Crippen molar-refractivity contribution in [1.29, 1.82) is 0 Å². The van der Waals surface area contributed by atoms with E-state index in [-0.39, 0.29) is 10.2 Å². The predicted molar refractivity (Wildman–Crippen MR) is 76.1 cm³/mol. The van der Waals surface area contributed by atoms with Gasteiger partial charge in [0, 0.05) is 16.4 Å². The zero-order chi connectivity index (χ0) is 13.8. The largest absolute Gasteiger partial charge is 0.375 e. The minimum Gasteiger partial charge on any atom is -0.375 e. The third-order valence-electron chi connectivity index (χ3n) is 2.43. The third kappa shape index (κ3) is 5.33. The first-order chi connectivity index (χ1) is 8.30. The zero-order valence-corrected chi connectivity index (χ0v) is 13.3. The zero-order valence-electron chi connectivity index (χ0n) is 10.9. The van der Waals surface area contributed by atoms with E-state index in [1.165, 1.54) is 9.75 Å². The van der Waals surface area contributed by atoms with Crippen LogP contribution in [0.4, 0.5) is 8.78 Å². The Balaban J connectivity index is 2.42. The molecule has 1 rings (SSSR count). The average molecular weight is 341 g/mol. The Hall–Kier alpha value is -0.0000000000000000555. The molecule has 0 radical (unpaired) electrons. The van der Waals surface area contributed by atoms with Crippen molar-refractivity contribution in [2.75, 3.05) is 13.2 Å². The Bertz CT molecular complexity index is 360. The summed E-state index contributed by atoms with van der Waals surface area (Å²) in [5, 5.41) is 0. The molecule has 1 heterocycles. The molecule has 0 amide bonds. The number of rotatable bonds is 6. The maximum Gasteiger partial charge on any atom is 0.261 e. The van der Waals surface area contributed by atoms with Gasteiger partial charge in [-0.05, 0) is 24.0 Å². The fourth-order valence-corrected chi connectivity index (χ4v) is 3.12. The first-order valence-corrected chi connectivity index (χ1v) is 7.64. The van der Waals surface area contributed by atoms with Crippen molar-refractivity contribution >= 4 is 27.3 Å². The SMILES string of the molecule is CC(C)(C)c1ccc(C(Br)CCOCC(F)F)s1. The van der Waals surface area contributed by atoms with Crippen LogP contribution in [0.3, 0.4) is 0 Å². The lowest BCUT2D eigenvalue weighted by molar-refractivity contribution is 0.0168. The average Bonchev–Trinajstić information content (AvgIpc) is 2.72. The van der Waals surface area contributed by atoms with Crippen molar-refractivity contribution in [2.24, 2.45) is 0 Å². The third-order valence-corrected chi connectivity index (χ3v) is 5.31. The maximum atomic E-state index is 11.9. The highest BCUT2D eigenvalue weighted by molar-refractivity contribution is 9.09. The molecule has 0 spiro atoms. The molecule has 1 atom stereocenters. The molecule has 18 heavy (non-hydrogen) atoms. The maximum absolute atomic E-state index is 11.9. The van der Waals surface area contributed by atoms with E-state index in [0.717, 1.165) is 0 Å². The van der Waals surface area contributed by atoms with Crippen LogP contribution in [-0.4, -0.2) is 19.6 Å². The first kappa shape index (κ1) is 16.1. The van der Waals surface area contributed by atoms with Crippen LogP contribution >= 0.6 is 27.3 Å². The Morgan fingerprint density at radius 3 is 2.50 bits per heavy atom. The second-order valence-electron chi connectivity index (χ2n) is 5.17. The summed E-state index contributed by atoms with van der Waals surface area (Å²) in [5.74, 6) is 0. The summed E-state index contributed by atoms with van der Waals surface area (Å²) in [4.78, 5) is 2.73. The van der Waals surface area contributed by atoms with Gasteiger partial charge < -0.3 is 4.74 Å². The van der Waals surface area contributed by atoms with E-state index in [9.17, 15) is 8.78 Å². The lowest BCUT2D eigenvalue weighted by Gasteiger charge is -2.15. The molecule has 1 unspecified atom stereocenters. The Labute approximate surface area is 120 Å². The van der Waals surface area contributed by atoms with Crippen LogP contribution in [-0.2, 0) is 10.2 Å². The second-order valence-corrected chi connectivity index (χ2v) is 7.39. The van der Waals surface area contributed by atoms with Gasteiger partial charge in [-0.25, -0.2) is 8.78 Å².